The second-order valence-corrected chi connectivity index (χ2v) is 5.71. The van der Waals surface area contributed by atoms with E-state index in [2.05, 4.69) is 5.32 Å². The van der Waals surface area contributed by atoms with Crippen LogP contribution in [0.4, 0.5) is 0 Å². The Labute approximate surface area is 119 Å². The molecule has 1 N–H and O–H groups in total. The van der Waals surface area contributed by atoms with Crippen LogP contribution >= 0.6 is 0 Å². The predicted molar refractivity (Wildman–Crippen MR) is 75.2 cm³/mol. The van der Waals surface area contributed by atoms with Crippen LogP contribution in [0.5, 0.6) is 0 Å². The molecule has 0 bridgehead atoms. The van der Waals surface area contributed by atoms with Crippen molar-refractivity contribution in [2.24, 2.45) is 5.92 Å². The molecule has 0 spiro atoms. The summed E-state index contributed by atoms with van der Waals surface area (Å²) < 4.78 is 5.12. The highest BCUT2D eigenvalue weighted by Gasteiger charge is 2.25. The number of furan rings is 1. The molecule has 1 aliphatic heterocycles. The standard InChI is InChI=1S/C15H22N2O3/c1-11(2)10-14(18)16-12-5-7-17(8-6-12)15(19)13-4-3-9-20-13/h3-4,9,11-12H,5-8,10H2,1-2H3,(H,16,18). The van der Waals surface area contributed by atoms with Gasteiger partial charge in [-0.25, -0.2) is 0 Å². The summed E-state index contributed by atoms with van der Waals surface area (Å²) in [5, 5.41) is 3.04. The van der Waals surface area contributed by atoms with Crippen molar-refractivity contribution in [3.63, 3.8) is 0 Å². The lowest BCUT2D eigenvalue weighted by Gasteiger charge is -2.32. The zero-order chi connectivity index (χ0) is 14.5. The lowest BCUT2D eigenvalue weighted by molar-refractivity contribution is -0.122. The van der Waals surface area contributed by atoms with Gasteiger partial charge in [-0.05, 0) is 30.9 Å². The molecule has 0 unspecified atom stereocenters. The summed E-state index contributed by atoms with van der Waals surface area (Å²) in [6.45, 7) is 5.38. The van der Waals surface area contributed by atoms with E-state index < -0.39 is 0 Å². The van der Waals surface area contributed by atoms with E-state index in [-0.39, 0.29) is 17.9 Å². The molecule has 5 heteroatoms. The molecular formula is C15H22N2O3. The van der Waals surface area contributed by atoms with Crippen LogP contribution in [0.15, 0.2) is 22.8 Å². The van der Waals surface area contributed by atoms with Crippen molar-refractivity contribution < 1.29 is 14.0 Å². The molecule has 0 aromatic carbocycles. The van der Waals surface area contributed by atoms with E-state index in [1.54, 1.807) is 17.0 Å². The Hall–Kier alpha value is -1.78. The third-order valence-electron chi connectivity index (χ3n) is 3.47. The van der Waals surface area contributed by atoms with E-state index in [1.807, 2.05) is 13.8 Å². The minimum absolute atomic E-state index is 0.0676. The molecule has 1 saturated heterocycles. The van der Waals surface area contributed by atoms with E-state index in [1.165, 1.54) is 6.26 Å². The molecule has 1 fully saturated rings. The van der Waals surface area contributed by atoms with Gasteiger partial charge in [0.1, 0.15) is 0 Å². The number of nitrogens with zero attached hydrogens (tertiary/aromatic N) is 1. The lowest BCUT2D eigenvalue weighted by atomic mass is 10.0. The van der Waals surface area contributed by atoms with E-state index >= 15 is 0 Å². The van der Waals surface area contributed by atoms with E-state index in [0.717, 1.165) is 12.8 Å². The third-order valence-corrected chi connectivity index (χ3v) is 3.47. The van der Waals surface area contributed by atoms with Gasteiger partial charge >= 0.3 is 0 Å². The number of amides is 2. The first-order valence-corrected chi connectivity index (χ1v) is 7.18. The number of nitrogens with one attached hydrogen (secondary N) is 1. The molecule has 2 amide bonds. The number of piperidine rings is 1. The van der Waals surface area contributed by atoms with Crippen molar-refractivity contribution in [2.45, 2.75) is 39.2 Å². The SMILES string of the molecule is CC(C)CC(=O)NC1CCN(C(=O)c2ccco2)CC1. The molecule has 2 heterocycles. The molecule has 0 saturated carbocycles. The molecule has 0 atom stereocenters. The monoisotopic (exact) mass is 278 g/mol. The fourth-order valence-corrected chi connectivity index (χ4v) is 2.44. The van der Waals surface area contributed by atoms with Crippen molar-refractivity contribution in [3.05, 3.63) is 24.2 Å². The van der Waals surface area contributed by atoms with Gasteiger partial charge in [-0.3, -0.25) is 9.59 Å². The molecule has 1 aliphatic rings. The Kier molecular flexibility index (Phi) is 4.82. The van der Waals surface area contributed by atoms with Gasteiger partial charge in [0, 0.05) is 25.6 Å². The van der Waals surface area contributed by atoms with Crippen LogP contribution in [0.25, 0.3) is 0 Å². The van der Waals surface area contributed by atoms with Gasteiger partial charge in [0.15, 0.2) is 5.76 Å². The third kappa shape index (κ3) is 3.85. The zero-order valence-corrected chi connectivity index (χ0v) is 12.1. The van der Waals surface area contributed by atoms with Gasteiger partial charge in [-0.2, -0.15) is 0 Å². The average Bonchev–Trinajstić information content (AvgIpc) is 2.91. The van der Waals surface area contributed by atoms with Crippen LogP contribution in [-0.2, 0) is 4.79 Å². The average molecular weight is 278 g/mol. The van der Waals surface area contributed by atoms with Crippen molar-refractivity contribution >= 4 is 11.8 Å². The summed E-state index contributed by atoms with van der Waals surface area (Å²) in [4.78, 5) is 25.6. The summed E-state index contributed by atoms with van der Waals surface area (Å²) in [5.74, 6) is 0.792. The predicted octanol–water partition coefficient (Wildman–Crippen LogP) is 2.05. The zero-order valence-electron chi connectivity index (χ0n) is 12.1. The first-order valence-electron chi connectivity index (χ1n) is 7.18. The van der Waals surface area contributed by atoms with Crippen molar-refractivity contribution in [3.8, 4) is 0 Å². The minimum Gasteiger partial charge on any atom is -0.459 e. The molecule has 0 aliphatic carbocycles. The first-order chi connectivity index (χ1) is 9.56. The summed E-state index contributed by atoms with van der Waals surface area (Å²) in [6.07, 6.45) is 3.67. The normalized spacial score (nSPS) is 16.4. The summed E-state index contributed by atoms with van der Waals surface area (Å²) in [5.41, 5.74) is 0. The number of likely N-dealkylation sites (tertiary alicyclic amines) is 1. The van der Waals surface area contributed by atoms with Crippen molar-refractivity contribution in [2.75, 3.05) is 13.1 Å². The molecular weight excluding hydrogens is 256 g/mol. The van der Waals surface area contributed by atoms with Crippen LogP contribution in [0, 0.1) is 5.92 Å². The minimum atomic E-state index is -0.0676. The highest BCUT2D eigenvalue weighted by Crippen LogP contribution is 2.14. The molecule has 0 radical (unpaired) electrons. The fraction of sp³-hybridized carbons (Fsp3) is 0.600. The van der Waals surface area contributed by atoms with Crippen LogP contribution in [0.2, 0.25) is 0 Å². The van der Waals surface area contributed by atoms with Gasteiger partial charge in [0.05, 0.1) is 6.26 Å². The fourth-order valence-electron chi connectivity index (χ4n) is 2.44. The van der Waals surface area contributed by atoms with Crippen LogP contribution in [0.3, 0.4) is 0 Å². The Morgan fingerprint density at radius 2 is 2.10 bits per heavy atom. The highest BCUT2D eigenvalue weighted by atomic mass is 16.3. The molecule has 1 aromatic rings. The second kappa shape index (κ2) is 6.59. The number of hydrogen-bond donors (Lipinski definition) is 1. The van der Waals surface area contributed by atoms with Crippen molar-refractivity contribution in [1.29, 1.82) is 0 Å². The molecule has 1 aromatic heterocycles. The molecule has 5 nitrogen and oxygen atoms in total. The lowest BCUT2D eigenvalue weighted by Crippen LogP contribution is -2.46. The van der Waals surface area contributed by atoms with Gasteiger partial charge in [-0.1, -0.05) is 13.8 Å². The van der Waals surface area contributed by atoms with Crippen LogP contribution < -0.4 is 5.32 Å². The van der Waals surface area contributed by atoms with Gasteiger partial charge < -0.3 is 14.6 Å². The topological polar surface area (TPSA) is 62.6 Å². The largest absolute Gasteiger partial charge is 0.459 e. The summed E-state index contributed by atoms with van der Waals surface area (Å²) in [6, 6.07) is 3.58. The Bertz CT molecular complexity index is 446. The Balaban J connectivity index is 1.78. The second-order valence-electron chi connectivity index (χ2n) is 5.71. The van der Waals surface area contributed by atoms with Crippen LogP contribution in [-0.4, -0.2) is 35.8 Å². The number of carbonyl (C=O) groups is 2. The van der Waals surface area contributed by atoms with E-state index in [9.17, 15) is 9.59 Å². The van der Waals surface area contributed by atoms with Gasteiger partial charge in [-0.15, -0.1) is 0 Å². The van der Waals surface area contributed by atoms with Gasteiger partial charge in [0.2, 0.25) is 5.91 Å². The summed E-state index contributed by atoms with van der Waals surface area (Å²) >= 11 is 0. The van der Waals surface area contributed by atoms with E-state index in [0.29, 0.717) is 31.2 Å². The number of rotatable bonds is 4. The van der Waals surface area contributed by atoms with E-state index in [4.69, 9.17) is 4.42 Å². The number of carbonyl (C=O) groups excluding carboxylic acids is 2. The highest BCUT2D eigenvalue weighted by molar-refractivity contribution is 5.91. The van der Waals surface area contributed by atoms with Gasteiger partial charge in [0.25, 0.3) is 5.91 Å². The maximum absolute atomic E-state index is 12.1. The maximum atomic E-state index is 12.1. The maximum Gasteiger partial charge on any atom is 0.289 e. The quantitative estimate of drug-likeness (QED) is 0.916. The Morgan fingerprint density at radius 3 is 2.65 bits per heavy atom. The Morgan fingerprint density at radius 1 is 1.40 bits per heavy atom. The number of hydrogen-bond acceptors (Lipinski definition) is 3. The van der Waals surface area contributed by atoms with Crippen molar-refractivity contribution in [1.82, 2.24) is 10.2 Å². The molecule has 2 rings (SSSR count). The van der Waals surface area contributed by atoms with Crippen LogP contribution in [0.1, 0.15) is 43.7 Å². The first kappa shape index (κ1) is 14.6. The molecule has 20 heavy (non-hydrogen) atoms. The smallest absolute Gasteiger partial charge is 0.289 e. The molecule has 110 valence electrons. The summed E-state index contributed by atoms with van der Waals surface area (Å²) in [7, 11) is 0.